The Morgan fingerprint density at radius 2 is 1.53 bits per heavy atom. The Balaban J connectivity index is 0.748. The number of hydrogen-bond donors (Lipinski definition) is 2. The summed E-state index contributed by atoms with van der Waals surface area (Å²) in [6, 6.07) is 32.7. The Labute approximate surface area is 324 Å². The minimum atomic E-state index is -0.581. The van der Waals surface area contributed by atoms with Gasteiger partial charge in [0, 0.05) is 70.0 Å². The van der Waals surface area contributed by atoms with Crippen LogP contribution in [0.15, 0.2) is 97.1 Å². The van der Waals surface area contributed by atoms with Gasteiger partial charge in [0.05, 0.1) is 0 Å². The number of amides is 3. The number of phenols is 1. The molecule has 8 rings (SSSR count). The molecule has 0 saturated carbocycles. The highest BCUT2D eigenvalue weighted by atomic mass is 16.3. The van der Waals surface area contributed by atoms with Gasteiger partial charge in [0.15, 0.2) is 0 Å². The number of nitrogens with one attached hydrogen (secondary N) is 1. The maximum absolute atomic E-state index is 13.1. The number of imide groups is 1. The number of phenolic OH excluding ortho intramolecular Hbond substituents is 1. The van der Waals surface area contributed by atoms with Gasteiger partial charge in [-0.2, -0.15) is 0 Å². The van der Waals surface area contributed by atoms with E-state index >= 15 is 0 Å². The maximum atomic E-state index is 13.1. The van der Waals surface area contributed by atoms with Crippen LogP contribution in [0.4, 0.5) is 5.69 Å². The molecule has 0 spiro atoms. The van der Waals surface area contributed by atoms with Crippen molar-refractivity contribution in [2.24, 2.45) is 5.92 Å². The topological polar surface area (TPSA) is 96.4 Å². The van der Waals surface area contributed by atoms with Crippen molar-refractivity contribution in [3.8, 4) is 5.75 Å². The summed E-state index contributed by atoms with van der Waals surface area (Å²) in [5.41, 5.74) is 9.16. The SMILES string of the molecule is O=C1CCC(N2Cc3cc(N4CCN(CC5CN(CCCc6ccc(/C=C(\CCc7ccc(O)cc7)c7ccccc7)cc6)C5)CC4)ccc3C2=O)C(=O)N1. The summed E-state index contributed by atoms with van der Waals surface area (Å²) in [4.78, 5) is 46.4. The van der Waals surface area contributed by atoms with Gasteiger partial charge in [-0.1, -0.05) is 72.8 Å². The van der Waals surface area contributed by atoms with Crippen LogP contribution in [-0.2, 0) is 29.0 Å². The number of carbonyl (C=O) groups excluding carboxylic acids is 3. The van der Waals surface area contributed by atoms with Gasteiger partial charge in [-0.15, -0.1) is 0 Å². The number of aryl methyl sites for hydroxylation is 2. The van der Waals surface area contributed by atoms with Crippen LogP contribution in [0.5, 0.6) is 5.75 Å². The van der Waals surface area contributed by atoms with Crippen LogP contribution in [0.1, 0.15) is 63.9 Å². The number of carbonyl (C=O) groups is 3. The van der Waals surface area contributed by atoms with Crippen molar-refractivity contribution in [1.29, 1.82) is 0 Å². The lowest BCUT2D eigenvalue weighted by Crippen LogP contribution is -2.55. The third kappa shape index (κ3) is 8.85. The van der Waals surface area contributed by atoms with E-state index in [4.69, 9.17) is 0 Å². The molecule has 0 aromatic heterocycles. The summed E-state index contributed by atoms with van der Waals surface area (Å²) in [6.07, 6.45) is 7.07. The lowest BCUT2D eigenvalue weighted by molar-refractivity contribution is -0.136. The second kappa shape index (κ2) is 16.6. The third-order valence-electron chi connectivity index (χ3n) is 11.8. The average Bonchev–Trinajstić information content (AvgIpc) is 3.52. The van der Waals surface area contributed by atoms with E-state index in [1.54, 1.807) is 17.0 Å². The van der Waals surface area contributed by atoms with Gasteiger partial charge < -0.3 is 19.8 Å². The van der Waals surface area contributed by atoms with Crippen LogP contribution >= 0.6 is 0 Å². The minimum absolute atomic E-state index is 0.120. The van der Waals surface area contributed by atoms with Crippen LogP contribution < -0.4 is 10.2 Å². The quantitative estimate of drug-likeness (QED) is 0.128. The van der Waals surface area contributed by atoms with Crippen LogP contribution in [0.3, 0.4) is 0 Å². The molecule has 4 aromatic carbocycles. The van der Waals surface area contributed by atoms with E-state index < -0.39 is 6.04 Å². The first-order valence-electron chi connectivity index (χ1n) is 19.9. The predicted octanol–water partition coefficient (Wildman–Crippen LogP) is 6.01. The first kappa shape index (κ1) is 36.7. The normalized spacial score (nSPS) is 19.7. The number of piperazine rings is 1. The molecule has 4 aromatic rings. The first-order valence-corrected chi connectivity index (χ1v) is 19.9. The maximum Gasteiger partial charge on any atom is 0.255 e. The van der Waals surface area contributed by atoms with Crippen molar-refractivity contribution in [3.05, 3.63) is 130 Å². The molecule has 3 amide bonds. The van der Waals surface area contributed by atoms with Crippen molar-refractivity contribution in [2.45, 2.75) is 51.1 Å². The second-order valence-corrected chi connectivity index (χ2v) is 15.7. The molecule has 0 radical (unpaired) electrons. The van der Waals surface area contributed by atoms with Gasteiger partial charge in [0.1, 0.15) is 11.8 Å². The van der Waals surface area contributed by atoms with Gasteiger partial charge in [0.2, 0.25) is 11.8 Å². The van der Waals surface area contributed by atoms with E-state index in [9.17, 15) is 19.5 Å². The summed E-state index contributed by atoms with van der Waals surface area (Å²) in [5.74, 6) is 0.281. The monoisotopic (exact) mass is 737 g/mol. The molecule has 4 heterocycles. The lowest BCUT2D eigenvalue weighted by atomic mass is 9.95. The number of hydrogen-bond acceptors (Lipinski definition) is 7. The van der Waals surface area contributed by atoms with Gasteiger partial charge in [0.25, 0.3) is 5.91 Å². The molecular formula is C46H51N5O4. The molecule has 9 heteroatoms. The number of likely N-dealkylation sites (tertiary alicyclic amines) is 1. The van der Waals surface area contributed by atoms with E-state index in [0.717, 1.165) is 75.7 Å². The van der Waals surface area contributed by atoms with Gasteiger partial charge in [-0.25, -0.2) is 0 Å². The van der Waals surface area contributed by atoms with E-state index in [1.165, 1.54) is 47.3 Å². The fraction of sp³-hybridized carbons (Fsp3) is 0.370. The Kier molecular flexibility index (Phi) is 11.1. The highest BCUT2D eigenvalue weighted by Gasteiger charge is 2.39. The number of aromatic hydroxyl groups is 1. The fourth-order valence-corrected chi connectivity index (χ4v) is 8.67. The highest BCUT2D eigenvalue weighted by Crippen LogP contribution is 2.31. The van der Waals surface area contributed by atoms with Gasteiger partial charge >= 0.3 is 0 Å². The highest BCUT2D eigenvalue weighted by molar-refractivity contribution is 6.05. The van der Waals surface area contributed by atoms with Crippen molar-refractivity contribution in [1.82, 2.24) is 20.0 Å². The van der Waals surface area contributed by atoms with Crippen molar-refractivity contribution >= 4 is 35.1 Å². The Hall–Kier alpha value is -5.25. The summed E-state index contributed by atoms with van der Waals surface area (Å²) >= 11 is 0. The molecule has 4 aliphatic rings. The first-order chi connectivity index (χ1) is 26.8. The smallest absolute Gasteiger partial charge is 0.255 e. The van der Waals surface area contributed by atoms with Gasteiger partial charge in [-0.05, 0) is 108 Å². The number of fused-ring (bicyclic) bond motifs is 1. The number of allylic oxidation sites excluding steroid dienone is 1. The molecule has 2 N–H and O–H groups in total. The fourth-order valence-electron chi connectivity index (χ4n) is 8.67. The Bertz CT molecular complexity index is 2020. The average molecular weight is 738 g/mol. The van der Waals surface area contributed by atoms with Crippen LogP contribution in [0.2, 0.25) is 0 Å². The van der Waals surface area contributed by atoms with Crippen molar-refractivity contribution < 1.29 is 19.5 Å². The minimum Gasteiger partial charge on any atom is -0.508 e. The third-order valence-corrected chi connectivity index (χ3v) is 11.8. The molecule has 284 valence electrons. The summed E-state index contributed by atoms with van der Waals surface area (Å²) < 4.78 is 0. The zero-order valence-electron chi connectivity index (χ0n) is 31.5. The molecule has 55 heavy (non-hydrogen) atoms. The summed E-state index contributed by atoms with van der Waals surface area (Å²) in [7, 11) is 0. The largest absolute Gasteiger partial charge is 0.508 e. The van der Waals surface area contributed by atoms with E-state index in [2.05, 4.69) is 86.8 Å². The molecule has 9 nitrogen and oxygen atoms in total. The summed E-state index contributed by atoms with van der Waals surface area (Å²) in [6.45, 7) is 9.05. The second-order valence-electron chi connectivity index (χ2n) is 15.7. The van der Waals surface area contributed by atoms with Crippen LogP contribution in [-0.4, -0.2) is 95.9 Å². The van der Waals surface area contributed by atoms with Crippen molar-refractivity contribution in [2.75, 3.05) is 57.3 Å². The molecule has 3 saturated heterocycles. The molecule has 1 unspecified atom stereocenters. The molecule has 4 aliphatic heterocycles. The Morgan fingerprint density at radius 1 is 0.800 bits per heavy atom. The number of rotatable bonds is 13. The molecule has 3 fully saturated rings. The van der Waals surface area contributed by atoms with Crippen LogP contribution in [0, 0.1) is 5.92 Å². The number of anilines is 1. The molecule has 0 bridgehead atoms. The summed E-state index contributed by atoms with van der Waals surface area (Å²) in [5, 5.41) is 12.0. The number of benzene rings is 4. The number of piperidine rings is 1. The van der Waals surface area contributed by atoms with Crippen molar-refractivity contribution in [3.63, 3.8) is 0 Å². The Morgan fingerprint density at radius 3 is 2.27 bits per heavy atom. The zero-order chi connectivity index (χ0) is 37.7. The van der Waals surface area contributed by atoms with Crippen LogP contribution in [0.25, 0.3) is 11.6 Å². The van der Waals surface area contributed by atoms with E-state index in [1.807, 2.05) is 24.3 Å². The standard InChI is InChI=1S/C46H51N5O4/c52-41-17-13-34(14-18-41)12-15-38(37-6-2-1-3-7-37)27-35-10-8-33(9-11-35)5-4-22-49-30-36(31-49)29-48-23-25-50(26-24-48)40-16-19-42-39(28-40)32-51(46(42)55)43-20-21-44(53)47-45(43)54/h1-3,6-11,13-14,16-19,27-28,36,43,52H,4-5,12,15,20-26,29-32H2,(H,47,53,54)/b38-27+. The molecular weight excluding hydrogens is 687 g/mol. The van der Waals surface area contributed by atoms with E-state index in [-0.39, 0.29) is 24.1 Å². The zero-order valence-corrected chi connectivity index (χ0v) is 31.5. The number of nitrogens with zero attached hydrogens (tertiary/aromatic N) is 4. The van der Waals surface area contributed by atoms with E-state index in [0.29, 0.717) is 24.3 Å². The molecule has 0 aliphatic carbocycles. The molecule has 1 atom stereocenters. The van der Waals surface area contributed by atoms with Gasteiger partial charge in [-0.3, -0.25) is 24.6 Å². The predicted molar refractivity (Wildman–Crippen MR) is 217 cm³/mol. The lowest BCUT2D eigenvalue weighted by Gasteiger charge is -2.44.